The van der Waals surface area contributed by atoms with E-state index in [4.69, 9.17) is 5.73 Å². The van der Waals surface area contributed by atoms with Gasteiger partial charge < -0.3 is 15.5 Å². The summed E-state index contributed by atoms with van der Waals surface area (Å²) in [5.41, 5.74) is 6.94. The minimum Gasteiger partial charge on any atom is -0.341 e. The predicted molar refractivity (Wildman–Crippen MR) is 97.1 cm³/mol. The molecular weight excluding hydrogens is 322 g/mol. The molecule has 2 aliphatic rings. The molecule has 0 radical (unpaired) electrons. The summed E-state index contributed by atoms with van der Waals surface area (Å²) < 4.78 is 0. The maximum atomic E-state index is 12.8. The number of likely N-dealkylation sites (tertiary alicyclic amines) is 1. The summed E-state index contributed by atoms with van der Waals surface area (Å²) >= 11 is 1.58. The Balaban J connectivity index is 1.81. The van der Waals surface area contributed by atoms with E-state index in [0.717, 1.165) is 36.5 Å². The first-order chi connectivity index (χ1) is 11.4. The second-order valence-electron chi connectivity index (χ2n) is 7.39. The van der Waals surface area contributed by atoms with Crippen molar-refractivity contribution < 1.29 is 9.59 Å². The molecular formula is C18H25N3O2S. The second-order valence-corrected chi connectivity index (χ2v) is 8.45. The number of amides is 2. The fourth-order valence-corrected chi connectivity index (χ4v) is 4.41. The van der Waals surface area contributed by atoms with Crippen LogP contribution in [0.15, 0.2) is 29.2 Å². The molecule has 6 heteroatoms. The van der Waals surface area contributed by atoms with Gasteiger partial charge in [-0.2, -0.15) is 0 Å². The molecule has 1 fully saturated rings. The van der Waals surface area contributed by atoms with Crippen LogP contribution < -0.4 is 10.6 Å². The molecule has 2 heterocycles. The van der Waals surface area contributed by atoms with Crippen molar-refractivity contribution in [1.82, 2.24) is 4.90 Å². The number of hydrogen-bond acceptors (Lipinski definition) is 4. The number of thioether (sulfide) groups is 1. The maximum Gasteiger partial charge on any atom is 0.245 e. The van der Waals surface area contributed by atoms with Gasteiger partial charge in [0.15, 0.2) is 0 Å². The number of carbonyl (C=O) groups is 2. The highest BCUT2D eigenvalue weighted by atomic mass is 32.2. The van der Waals surface area contributed by atoms with Crippen LogP contribution in [-0.4, -0.2) is 48.1 Å². The lowest BCUT2D eigenvalue weighted by atomic mass is 9.84. The number of hydrogen-bond donors (Lipinski definition) is 1. The summed E-state index contributed by atoms with van der Waals surface area (Å²) in [7, 11) is 0. The molecule has 1 unspecified atom stereocenters. The number of fused-ring (bicyclic) bond motifs is 1. The summed E-state index contributed by atoms with van der Waals surface area (Å²) in [6.07, 6.45) is 2.14. The quantitative estimate of drug-likeness (QED) is 0.890. The first kappa shape index (κ1) is 17.3. The standard InChI is InChI=1S/C18H25N3O2S/c1-18(2)8-5-9-20(12-18)16(22)10-21-14-6-3-4-7-15(14)24-11-13(19)17(21)23/h3-4,6-7,13H,5,8-12,19H2,1-2H3. The van der Waals surface area contributed by atoms with Crippen LogP contribution in [0.3, 0.4) is 0 Å². The molecule has 1 aromatic rings. The Labute approximate surface area is 147 Å². The van der Waals surface area contributed by atoms with E-state index >= 15 is 0 Å². The lowest BCUT2D eigenvalue weighted by Crippen LogP contribution is -2.51. The van der Waals surface area contributed by atoms with Gasteiger partial charge >= 0.3 is 0 Å². The highest BCUT2D eigenvalue weighted by molar-refractivity contribution is 7.99. The monoisotopic (exact) mass is 347 g/mol. The van der Waals surface area contributed by atoms with E-state index in [-0.39, 0.29) is 23.8 Å². The molecule has 2 aliphatic heterocycles. The van der Waals surface area contributed by atoms with Gasteiger partial charge in [0, 0.05) is 23.7 Å². The van der Waals surface area contributed by atoms with Crippen LogP contribution in [0, 0.1) is 5.41 Å². The molecule has 1 saturated heterocycles. The zero-order valence-corrected chi connectivity index (χ0v) is 15.1. The second kappa shape index (κ2) is 6.76. The molecule has 2 N–H and O–H groups in total. The summed E-state index contributed by atoms with van der Waals surface area (Å²) in [6, 6.07) is 7.14. The van der Waals surface area contributed by atoms with Crippen molar-refractivity contribution >= 4 is 29.3 Å². The molecule has 3 rings (SSSR count). The number of nitrogens with two attached hydrogens (primary N) is 1. The topological polar surface area (TPSA) is 66.6 Å². The van der Waals surface area contributed by atoms with Gasteiger partial charge in [0.2, 0.25) is 11.8 Å². The van der Waals surface area contributed by atoms with Crippen molar-refractivity contribution in [3.8, 4) is 0 Å². The van der Waals surface area contributed by atoms with Crippen molar-refractivity contribution in [1.29, 1.82) is 0 Å². The van der Waals surface area contributed by atoms with E-state index in [1.54, 1.807) is 16.7 Å². The third kappa shape index (κ3) is 3.59. The third-order valence-electron chi connectivity index (χ3n) is 4.70. The van der Waals surface area contributed by atoms with Gasteiger partial charge in [0.25, 0.3) is 0 Å². The Morgan fingerprint density at radius 1 is 1.38 bits per heavy atom. The minimum absolute atomic E-state index is 0.00466. The van der Waals surface area contributed by atoms with Gasteiger partial charge in [0.05, 0.1) is 11.7 Å². The van der Waals surface area contributed by atoms with Gasteiger partial charge in [-0.15, -0.1) is 11.8 Å². The number of para-hydroxylation sites is 1. The minimum atomic E-state index is -0.576. The van der Waals surface area contributed by atoms with Gasteiger partial charge in [-0.05, 0) is 30.4 Å². The van der Waals surface area contributed by atoms with Crippen LogP contribution in [-0.2, 0) is 9.59 Å². The Kier molecular flexibility index (Phi) is 4.88. The molecule has 5 nitrogen and oxygen atoms in total. The summed E-state index contributed by atoms with van der Waals surface area (Å²) in [5, 5.41) is 0. The lowest BCUT2D eigenvalue weighted by molar-refractivity contribution is -0.134. The van der Waals surface area contributed by atoms with Crippen LogP contribution in [0.2, 0.25) is 0 Å². The number of nitrogens with zero attached hydrogens (tertiary/aromatic N) is 2. The molecule has 1 atom stereocenters. The predicted octanol–water partition coefficient (Wildman–Crippen LogP) is 2.10. The van der Waals surface area contributed by atoms with Gasteiger partial charge in [0.1, 0.15) is 6.54 Å². The van der Waals surface area contributed by atoms with Crippen LogP contribution in [0.1, 0.15) is 26.7 Å². The SMILES string of the molecule is CC1(C)CCCN(C(=O)CN2C(=O)C(N)CSc3ccccc32)C1. The average molecular weight is 347 g/mol. The van der Waals surface area contributed by atoms with E-state index in [9.17, 15) is 9.59 Å². The Bertz CT molecular complexity index is 647. The Hall–Kier alpha value is -1.53. The fourth-order valence-electron chi connectivity index (χ4n) is 3.41. The molecule has 1 aromatic carbocycles. The van der Waals surface area contributed by atoms with Crippen LogP contribution in [0.4, 0.5) is 5.69 Å². The molecule has 130 valence electrons. The summed E-state index contributed by atoms with van der Waals surface area (Å²) in [4.78, 5) is 30.0. The molecule has 24 heavy (non-hydrogen) atoms. The lowest BCUT2D eigenvalue weighted by Gasteiger charge is -2.39. The van der Waals surface area contributed by atoms with E-state index in [1.807, 2.05) is 29.2 Å². The average Bonchev–Trinajstić information content (AvgIpc) is 2.66. The van der Waals surface area contributed by atoms with Gasteiger partial charge in [-0.3, -0.25) is 9.59 Å². The zero-order chi connectivity index (χ0) is 17.3. The van der Waals surface area contributed by atoms with Crippen LogP contribution in [0.25, 0.3) is 0 Å². The Morgan fingerprint density at radius 3 is 2.88 bits per heavy atom. The van der Waals surface area contributed by atoms with Crippen molar-refractivity contribution in [2.45, 2.75) is 37.6 Å². The van der Waals surface area contributed by atoms with Crippen molar-refractivity contribution in [2.24, 2.45) is 11.1 Å². The number of benzene rings is 1. The number of carbonyl (C=O) groups excluding carboxylic acids is 2. The van der Waals surface area contributed by atoms with E-state index in [1.165, 1.54) is 0 Å². The van der Waals surface area contributed by atoms with Crippen molar-refractivity contribution in [2.75, 3.05) is 30.3 Å². The number of rotatable bonds is 2. The first-order valence-electron chi connectivity index (χ1n) is 8.44. The van der Waals surface area contributed by atoms with Gasteiger partial charge in [-0.25, -0.2) is 0 Å². The van der Waals surface area contributed by atoms with Crippen LogP contribution in [0.5, 0.6) is 0 Å². The zero-order valence-electron chi connectivity index (χ0n) is 14.3. The maximum absolute atomic E-state index is 12.8. The fraction of sp³-hybridized carbons (Fsp3) is 0.556. The number of piperidine rings is 1. The van der Waals surface area contributed by atoms with E-state index in [2.05, 4.69) is 13.8 Å². The highest BCUT2D eigenvalue weighted by Gasteiger charge is 2.33. The van der Waals surface area contributed by atoms with Crippen molar-refractivity contribution in [3.63, 3.8) is 0 Å². The first-order valence-corrected chi connectivity index (χ1v) is 9.42. The summed E-state index contributed by atoms with van der Waals surface area (Å²) in [6.45, 7) is 5.96. The highest BCUT2D eigenvalue weighted by Crippen LogP contribution is 2.34. The normalized spacial score (nSPS) is 23.6. The third-order valence-corrected chi connectivity index (χ3v) is 5.89. The van der Waals surface area contributed by atoms with Gasteiger partial charge in [-0.1, -0.05) is 26.0 Å². The molecule has 0 spiro atoms. The summed E-state index contributed by atoms with van der Waals surface area (Å²) in [5.74, 6) is 0.374. The smallest absolute Gasteiger partial charge is 0.245 e. The Morgan fingerprint density at radius 2 is 2.12 bits per heavy atom. The number of anilines is 1. The molecule has 0 aromatic heterocycles. The van der Waals surface area contributed by atoms with Crippen LogP contribution >= 0.6 is 11.8 Å². The van der Waals surface area contributed by atoms with Crippen molar-refractivity contribution in [3.05, 3.63) is 24.3 Å². The molecule has 2 amide bonds. The largest absolute Gasteiger partial charge is 0.341 e. The van der Waals surface area contributed by atoms with E-state index < -0.39 is 6.04 Å². The molecule has 0 bridgehead atoms. The molecule has 0 aliphatic carbocycles. The van der Waals surface area contributed by atoms with E-state index in [0.29, 0.717) is 5.75 Å². The molecule has 0 saturated carbocycles.